The van der Waals surface area contributed by atoms with Gasteiger partial charge >= 0.3 is 5.97 Å². The van der Waals surface area contributed by atoms with Gasteiger partial charge in [0.05, 0.1) is 24.1 Å². The van der Waals surface area contributed by atoms with Gasteiger partial charge in [-0.25, -0.2) is 27.1 Å². The first-order chi connectivity index (χ1) is 15.3. The fourth-order valence-electron chi connectivity index (χ4n) is 3.15. The molecular formula is C22H26FN3O6S. The molecular weight excluding hydrogens is 453 g/mol. The van der Waals surface area contributed by atoms with E-state index in [9.17, 15) is 27.2 Å². The van der Waals surface area contributed by atoms with Crippen molar-refractivity contribution in [1.82, 2.24) is 9.97 Å². The van der Waals surface area contributed by atoms with Gasteiger partial charge in [0.15, 0.2) is 5.78 Å². The van der Waals surface area contributed by atoms with E-state index >= 15 is 0 Å². The van der Waals surface area contributed by atoms with Crippen LogP contribution in [0.4, 0.5) is 10.3 Å². The van der Waals surface area contributed by atoms with Crippen LogP contribution in [0.1, 0.15) is 50.3 Å². The van der Waals surface area contributed by atoms with Crippen LogP contribution in [0.2, 0.25) is 0 Å². The second-order valence-electron chi connectivity index (χ2n) is 7.95. The zero-order valence-corrected chi connectivity index (χ0v) is 19.6. The van der Waals surface area contributed by atoms with Crippen LogP contribution in [0.3, 0.4) is 0 Å². The van der Waals surface area contributed by atoms with Crippen LogP contribution >= 0.6 is 0 Å². The molecule has 0 atom stereocenters. The molecule has 1 aromatic heterocycles. The maximum absolute atomic E-state index is 13.5. The van der Waals surface area contributed by atoms with Gasteiger partial charge in [-0.2, -0.15) is 0 Å². The molecule has 0 aliphatic heterocycles. The van der Waals surface area contributed by atoms with E-state index in [0.717, 1.165) is 10.6 Å². The van der Waals surface area contributed by atoms with Gasteiger partial charge in [0.25, 0.3) is 0 Å². The third-order valence-corrected chi connectivity index (χ3v) is 6.03. The Morgan fingerprint density at radius 2 is 1.67 bits per heavy atom. The van der Waals surface area contributed by atoms with Gasteiger partial charge in [0.1, 0.15) is 18.0 Å². The smallest absolute Gasteiger partial charge is 0.310 e. The van der Waals surface area contributed by atoms with E-state index in [-0.39, 0.29) is 24.7 Å². The molecule has 0 aliphatic rings. The van der Waals surface area contributed by atoms with Crippen molar-refractivity contribution in [3.8, 4) is 11.3 Å². The number of carboxylic acid groups (broad SMARTS) is 1. The molecule has 0 aliphatic carbocycles. The highest BCUT2D eigenvalue weighted by Gasteiger charge is 2.24. The Morgan fingerprint density at radius 3 is 2.18 bits per heavy atom. The Morgan fingerprint density at radius 1 is 1.06 bits per heavy atom. The maximum Gasteiger partial charge on any atom is 0.310 e. The van der Waals surface area contributed by atoms with Crippen molar-refractivity contribution < 1.29 is 32.3 Å². The lowest BCUT2D eigenvalue weighted by Gasteiger charge is -2.21. The van der Waals surface area contributed by atoms with E-state index in [1.165, 1.54) is 31.3 Å². The summed E-state index contributed by atoms with van der Waals surface area (Å²) in [5.74, 6) is -3.11. The number of ketones is 2. The van der Waals surface area contributed by atoms with Crippen molar-refractivity contribution in [3.05, 3.63) is 41.3 Å². The van der Waals surface area contributed by atoms with Gasteiger partial charge in [-0.15, -0.1) is 0 Å². The predicted molar refractivity (Wildman–Crippen MR) is 120 cm³/mol. The average molecular weight is 480 g/mol. The summed E-state index contributed by atoms with van der Waals surface area (Å²) in [7, 11) is -2.34. The highest BCUT2D eigenvalue weighted by molar-refractivity contribution is 7.92. The van der Waals surface area contributed by atoms with Gasteiger partial charge in [-0.05, 0) is 36.6 Å². The van der Waals surface area contributed by atoms with E-state index in [2.05, 4.69) is 9.97 Å². The summed E-state index contributed by atoms with van der Waals surface area (Å²) >= 11 is 0. The van der Waals surface area contributed by atoms with E-state index < -0.39 is 46.2 Å². The number of aliphatic carboxylic acids is 1. The summed E-state index contributed by atoms with van der Waals surface area (Å²) in [6.07, 6.45) is -0.125. The number of benzene rings is 1. The van der Waals surface area contributed by atoms with E-state index in [0.29, 0.717) is 22.5 Å². The predicted octanol–water partition coefficient (Wildman–Crippen LogP) is 2.74. The molecule has 2 rings (SSSR count). The fraction of sp³-hybridized carbons (Fsp3) is 0.409. The van der Waals surface area contributed by atoms with Crippen LogP contribution in [0.25, 0.3) is 11.3 Å². The molecule has 33 heavy (non-hydrogen) atoms. The number of carboxylic acids is 1. The van der Waals surface area contributed by atoms with Crippen LogP contribution in [-0.2, 0) is 30.8 Å². The van der Waals surface area contributed by atoms with Crippen molar-refractivity contribution in [2.75, 3.05) is 17.6 Å². The largest absolute Gasteiger partial charge is 0.481 e. The zero-order valence-electron chi connectivity index (χ0n) is 18.8. The normalized spacial score (nSPS) is 11.5. The SMILES string of the molecule is CC(C)c1nc(N(C)S(C)(=O)=O)nc(-c2ccc(F)cc2)c1CCC(=O)CC(=O)CC(=O)O. The molecule has 2 aromatic rings. The van der Waals surface area contributed by atoms with E-state index in [1.54, 1.807) is 0 Å². The fourth-order valence-corrected chi connectivity index (χ4v) is 3.53. The standard InChI is InChI=1S/C22H26FN3O6S/c1-13(2)20-18(10-9-16(27)11-17(28)12-19(29)30)21(14-5-7-15(23)8-6-14)25-22(24-20)26(3)33(4,31)32/h5-8,13H,9-12H2,1-4H3,(H,29,30). The minimum absolute atomic E-state index is 0.0627. The Bertz CT molecular complexity index is 1160. The van der Waals surface area contributed by atoms with Crippen molar-refractivity contribution in [3.63, 3.8) is 0 Å². The van der Waals surface area contributed by atoms with Crippen LogP contribution in [0, 0.1) is 5.82 Å². The molecule has 0 unspecified atom stereocenters. The van der Waals surface area contributed by atoms with Crippen molar-refractivity contribution in [1.29, 1.82) is 0 Å². The van der Waals surface area contributed by atoms with E-state index in [1.807, 2.05) is 13.8 Å². The van der Waals surface area contributed by atoms with Gasteiger partial charge in [-0.1, -0.05) is 13.8 Å². The van der Waals surface area contributed by atoms with E-state index in [4.69, 9.17) is 5.11 Å². The number of carbonyl (C=O) groups excluding carboxylic acids is 2. The van der Waals surface area contributed by atoms with Gasteiger partial charge in [-0.3, -0.25) is 14.4 Å². The van der Waals surface area contributed by atoms with Gasteiger partial charge in [0.2, 0.25) is 16.0 Å². The minimum Gasteiger partial charge on any atom is -0.481 e. The number of aromatic nitrogens is 2. The average Bonchev–Trinajstić information content (AvgIpc) is 2.70. The van der Waals surface area contributed by atoms with Gasteiger partial charge < -0.3 is 5.11 Å². The van der Waals surface area contributed by atoms with Crippen LogP contribution in [0.5, 0.6) is 0 Å². The number of sulfonamides is 1. The number of anilines is 1. The van der Waals surface area contributed by atoms with Crippen LogP contribution in [-0.4, -0.2) is 54.3 Å². The molecule has 0 spiro atoms. The third kappa shape index (κ3) is 7.14. The number of carbonyl (C=O) groups is 3. The summed E-state index contributed by atoms with van der Waals surface area (Å²) in [5, 5.41) is 8.69. The highest BCUT2D eigenvalue weighted by Crippen LogP contribution is 2.31. The molecule has 1 aromatic carbocycles. The van der Waals surface area contributed by atoms with Crippen LogP contribution < -0.4 is 4.31 Å². The molecule has 0 saturated carbocycles. The molecule has 1 N–H and O–H groups in total. The molecule has 0 fully saturated rings. The second kappa shape index (κ2) is 10.6. The maximum atomic E-state index is 13.5. The summed E-state index contributed by atoms with van der Waals surface area (Å²) in [6.45, 7) is 3.70. The molecule has 11 heteroatoms. The number of rotatable bonds is 11. The molecule has 0 amide bonds. The zero-order chi connectivity index (χ0) is 24.9. The lowest BCUT2D eigenvalue weighted by molar-refractivity contribution is -0.140. The first kappa shape index (κ1) is 26.0. The monoisotopic (exact) mass is 479 g/mol. The van der Waals surface area contributed by atoms with Crippen molar-refractivity contribution in [2.45, 2.75) is 45.4 Å². The Kier molecular flexibility index (Phi) is 8.37. The van der Waals surface area contributed by atoms with Crippen molar-refractivity contribution in [2.24, 2.45) is 0 Å². The second-order valence-corrected chi connectivity index (χ2v) is 9.97. The first-order valence-electron chi connectivity index (χ1n) is 10.2. The number of Topliss-reactive ketones (excluding diaryl/α,β-unsaturated/α-hetero) is 2. The third-order valence-electron chi connectivity index (χ3n) is 4.87. The number of hydrogen-bond acceptors (Lipinski definition) is 7. The molecule has 0 radical (unpaired) electrons. The minimum atomic E-state index is -3.66. The quantitative estimate of drug-likeness (QED) is 0.486. The number of nitrogens with zero attached hydrogens (tertiary/aromatic N) is 3. The molecule has 1 heterocycles. The number of halogens is 1. The summed E-state index contributed by atoms with van der Waals surface area (Å²) < 4.78 is 38.6. The lowest BCUT2D eigenvalue weighted by atomic mass is 9.94. The van der Waals surface area contributed by atoms with Crippen molar-refractivity contribution >= 4 is 33.5 Å². The molecule has 0 bridgehead atoms. The summed E-state index contributed by atoms with van der Waals surface area (Å²) in [4.78, 5) is 43.5. The van der Waals surface area contributed by atoms with Gasteiger partial charge in [0, 0.05) is 24.6 Å². The molecule has 0 saturated heterocycles. The Labute approximate surface area is 191 Å². The Balaban J connectivity index is 2.52. The summed E-state index contributed by atoms with van der Waals surface area (Å²) in [6, 6.07) is 5.47. The molecule has 9 nitrogen and oxygen atoms in total. The summed E-state index contributed by atoms with van der Waals surface area (Å²) in [5.41, 5.74) is 1.94. The molecule has 178 valence electrons. The first-order valence-corrected chi connectivity index (χ1v) is 12.0. The topological polar surface area (TPSA) is 135 Å². The number of hydrogen-bond donors (Lipinski definition) is 1. The Hall–Kier alpha value is -3.21. The highest BCUT2D eigenvalue weighted by atomic mass is 32.2. The van der Waals surface area contributed by atoms with Crippen LogP contribution in [0.15, 0.2) is 24.3 Å². The lowest BCUT2D eigenvalue weighted by Crippen LogP contribution is -2.28.